The van der Waals surface area contributed by atoms with Crippen molar-refractivity contribution >= 4 is 34.7 Å². The van der Waals surface area contributed by atoms with Crippen LogP contribution in [0.4, 0.5) is 0 Å². The van der Waals surface area contributed by atoms with Crippen molar-refractivity contribution < 1.29 is 34.5 Å². The number of carbonyl (C=O) groups excluding carboxylic acids is 3. The molecule has 1 saturated heterocycles. The Balaban J connectivity index is 3.04. The lowest BCUT2D eigenvalue weighted by atomic mass is 9.81. The fourth-order valence-electron chi connectivity index (χ4n) is 2.70. The fraction of sp³-hybridized carbons (Fsp3) is 0.733. The molecule has 0 bridgehead atoms. The van der Waals surface area contributed by atoms with E-state index in [9.17, 15) is 29.4 Å². The van der Waals surface area contributed by atoms with Gasteiger partial charge in [-0.25, -0.2) is 4.79 Å². The van der Waals surface area contributed by atoms with Crippen LogP contribution in [0.15, 0.2) is 0 Å². The van der Waals surface area contributed by atoms with Gasteiger partial charge in [0.05, 0.1) is 18.1 Å². The van der Waals surface area contributed by atoms with Crippen LogP contribution in [0, 0.1) is 11.8 Å². The standard InChI is InChI=1S/C15H24N2O7S/c1-6(2)10(19)15(11(20)7(3)12(21)17-15)14(24)25-5-9(13(22)23)16-8(4)18/h6-7,9-11,19-20H,5H2,1-4H3,(H,16,18)(H,17,21)(H,22,23)/t7-,9-,10+,11+,15-/m1/s1. The number of hydrogen-bond acceptors (Lipinski definition) is 7. The maximum atomic E-state index is 12.8. The number of thioether (sulfide) groups is 1. The molecular weight excluding hydrogens is 352 g/mol. The molecule has 0 aromatic carbocycles. The Morgan fingerprint density at radius 3 is 2.28 bits per heavy atom. The first-order valence-electron chi connectivity index (χ1n) is 7.80. The van der Waals surface area contributed by atoms with Crippen LogP contribution in [-0.4, -0.2) is 67.8 Å². The monoisotopic (exact) mass is 376 g/mol. The largest absolute Gasteiger partial charge is 0.480 e. The summed E-state index contributed by atoms with van der Waals surface area (Å²) in [5.41, 5.74) is -1.92. The molecule has 0 aliphatic carbocycles. The predicted molar refractivity (Wildman–Crippen MR) is 89.6 cm³/mol. The highest BCUT2D eigenvalue weighted by molar-refractivity contribution is 8.13. The first-order chi connectivity index (χ1) is 11.4. The Bertz CT molecular complexity index is 568. The van der Waals surface area contributed by atoms with Crippen molar-refractivity contribution in [1.29, 1.82) is 0 Å². The van der Waals surface area contributed by atoms with Crippen LogP contribution >= 0.6 is 11.8 Å². The van der Waals surface area contributed by atoms with Crippen molar-refractivity contribution in [1.82, 2.24) is 10.6 Å². The number of hydrogen-bond donors (Lipinski definition) is 5. The smallest absolute Gasteiger partial charge is 0.327 e. The molecule has 0 radical (unpaired) electrons. The number of rotatable bonds is 7. The highest BCUT2D eigenvalue weighted by atomic mass is 32.2. The lowest BCUT2D eigenvalue weighted by Gasteiger charge is -2.37. The average Bonchev–Trinajstić information content (AvgIpc) is 2.74. The number of aliphatic carboxylic acids is 1. The van der Waals surface area contributed by atoms with E-state index >= 15 is 0 Å². The maximum absolute atomic E-state index is 12.8. The molecule has 1 fully saturated rings. The average molecular weight is 376 g/mol. The number of carbonyl (C=O) groups is 4. The van der Waals surface area contributed by atoms with Crippen LogP contribution in [0.2, 0.25) is 0 Å². The van der Waals surface area contributed by atoms with E-state index in [4.69, 9.17) is 5.11 Å². The molecule has 0 spiro atoms. The van der Waals surface area contributed by atoms with Gasteiger partial charge in [0.2, 0.25) is 16.9 Å². The zero-order valence-corrected chi connectivity index (χ0v) is 15.3. The Morgan fingerprint density at radius 1 is 1.36 bits per heavy atom. The number of aliphatic hydroxyl groups excluding tert-OH is 2. The fourth-order valence-corrected chi connectivity index (χ4v) is 3.77. The summed E-state index contributed by atoms with van der Waals surface area (Å²) in [4.78, 5) is 46.9. The van der Waals surface area contributed by atoms with Crippen LogP contribution in [0.1, 0.15) is 27.7 Å². The molecule has 0 unspecified atom stereocenters. The Kier molecular flexibility index (Phi) is 6.98. The molecule has 1 aliphatic heterocycles. The molecule has 0 aromatic rings. The molecule has 1 rings (SSSR count). The van der Waals surface area contributed by atoms with Gasteiger partial charge in [0.25, 0.3) is 0 Å². The van der Waals surface area contributed by atoms with Gasteiger partial charge in [-0.3, -0.25) is 14.4 Å². The Morgan fingerprint density at radius 2 is 1.92 bits per heavy atom. The number of carboxylic acids is 1. The zero-order chi connectivity index (χ0) is 19.5. The molecule has 9 nitrogen and oxygen atoms in total. The summed E-state index contributed by atoms with van der Waals surface area (Å²) >= 11 is 0.535. The number of nitrogens with one attached hydrogen (secondary N) is 2. The number of amides is 2. The van der Waals surface area contributed by atoms with E-state index in [0.29, 0.717) is 11.8 Å². The minimum Gasteiger partial charge on any atom is -0.480 e. The zero-order valence-electron chi connectivity index (χ0n) is 14.5. The van der Waals surface area contributed by atoms with Crippen LogP contribution in [0.3, 0.4) is 0 Å². The molecule has 1 aliphatic rings. The minimum atomic E-state index is -1.92. The van der Waals surface area contributed by atoms with E-state index in [1.165, 1.54) is 6.92 Å². The van der Waals surface area contributed by atoms with Gasteiger partial charge < -0.3 is 26.0 Å². The van der Waals surface area contributed by atoms with Crippen molar-refractivity contribution in [2.75, 3.05) is 5.75 Å². The number of carboxylic acid groups (broad SMARTS) is 1. The van der Waals surface area contributed by atoms with Gasteiger partial charge in [-0.05, 0) is 5.92 Å². The van der Waals surface area contributed by atoms with Crippen LogP contribution in [0.25, 0.3) is 0 Å². The molecule has 25 heavy (non-hydrogen) atoms. The van der Waals surface area contributed by atoms with Crippen molar-refractivity contribution in [2.24, 2.45) is 11.8 Å². The summed E-state index contributed by atoms with van der Waals surface area (Å²) in [5.74, 6) is -4.12. The van der Waals surface area contributed by atoms with Gasteiger partial charge in [0, 0.05) is 12.7 Å². The highest BCUT2D eigenvalue weighted by Crippen LogP contribution is 2.36. The summed E-state index contributed by atoms with van der Waals surface area (Å²) in [5, 5.41) is 33.8. The molecule has 10 heteroatoms. The highest BCUT2D eigenvalue weighted by Gasteiger charge is 2.60. The second-order valence-corrected chi connectivity index (χ2v) is 7.46. The first kappa shape index (κ1) is 21.4. The van der Waals surface area contributed by atoms with Gasteiger partial charge >= 0.3 is 5.97 Å². The van der Waals surface area contributed by atoms with Crippen molar-refractivity contribution in [3.8, 4) is 0 Å². The van der Waals surface area contributed by atoms with Crippen molar-refractivity contribution in [2.45, 2.75) is 51.5 Å². The number of aliphatic hydroxyl groups is 2. The van der Waals surface area contributed by atoms with Gasteiger partial charge in [-0.15, -0.1) is 0 Å². The van der Waals surface area contributed by atoms with Crippen molar-refractivity contribution in [3.63, 3.8) is 0 Å². The van der Waals surface area contributed by atoms with E-state index in [2.05, 4.69) is 10.6 Å². The molecule has 1 heterocycles. The molecular formula is C15H24N2O7S. The summed E-state index contributed by atoms with van der Waals surface area (Å²) in [6.45, 7) is 5.84. The van der Waals surface area contributed by atoms with Gasteiger partial charge in [0.1, 0.15) is 6.04 Å². The SMILES string of the molecule is CC(=O)N[C@H](CSC(=O)[C@]1([C@@H](O)C(C)C)NC(=O)[C@H](C)[C@@H]1O)C(=O)O. The van der Waals surface area contributed by atoms with E-state index in [0.717, 1.165) is 6.92 Å². The maximum Gasteiger partial charge on any atom is 0.327 e. The summed E-state index contributed by atoms with van der Waals surface area (Å²) in [7, 11) is 0. The van der Waals surface area contributed by atoms with E-state index < -0.39 is 58.5 Å². The third kappa shape index (κ3) is 4.31. The predicted octanol–water partition coefficient (Wildman–Crippen LogP) is -1.28. The van der Waals surface area contributed by atoms with Gasteiger partial charge in [-0.2, -0.15) is 0 Å². The molecule has 5 N–H and O–H groups in total. The molecule has 142 valence electrons. The Hall–Kier alpha value is -1.65. The first-order valence-corrected chi connectivity index (χ1v) is 8.79. The lowest BCUT2D eigenvalue weighted by molar-refractivity contribution is -0.140. The quantitative estimate of drug-likeness (QED) is 0.368. The minimum absolute atomic E-state index is 0.308. The topological polar surface area (TPSA) is 153 Å². The van der Waals surface area contributed by atoms with Gasteiger partial charge in [0.15, 0.2) is 5.54 Å². The normalized spacial score (nSPS) is 28.4. The summed E-state index contributed by atoms with van der Waals surface area (Å²) in [6.07, 6.45) is -2.82. The molecule has 0 saturated carbocycles. The Labute approximate surface area is 149 Å². The van der Waals surface area contributed by atoms with Gasteiger partial charge in [-0.1, -0.05) is 32.5 Å². The summed E-state index contributed by atoms with van der Waals surface area (Å²) in [6, 6.07) is -1.31. The summed E-state index contributed by atoms with van der Waals surface area (Å²) < 4.78 is 0. The molecule has 0 aromatic heterocycles. The molecule has 2 amide bonds. The molecule has 5 atom stereocenters. The second-order valence-electron chi connectivity index (χ2n) is 6.47. The van der Waals surface area contributed by atoms with E-state index in [1.54, 1.807) is 13.8 Å². The lowest BCUT2D eigenvalue weighted by Crippen LogP contribution is -2.64. The third-order valence-corrected chi connectivity index (χ3v) is 5.28. The van der Waals surface area contributed by atoms with Crippen LogP contribution < -0.4 is 10.6 Å². The van der Waals surface area contributed by atoms with Crippen LogP contribution in [0.5, 0.6) is 0 Å². The van der Waals surface area contributed by atoms with Crippen LogP contribution in [-0.2, 0) is 19.2 Å². The third-order valence-electron chi connectivity index (χ3n) is 4.18. The van der Waals surface area contributed by atoms with E-state index in [-0.39, 0.29) is 5.75 Å². The van der Waals surface area contributed by atoms with E-state index in [1.807, 2.05) is 0 Å². The van der Waals surface area contributed by atoms with Crippen molar-refractivity contribution in [3.05, 3.63) is 0 Å². The second kappa shape index (κ2) is 8.15.